The fourth-order valence-electron chi connectivity index (χ4n) is 1.92. The molecule has 6 nitrogen and oxygen atoms in total. The number of aliphatic hydroxyl groups is 1. The van der Waals surface area contributed by atoms with Crippen molar-refractivity contribution in [2.75, 3.05) is 39.3 Å². The second-order valence-electron chi connectivity index (χ2n) is 3.99. The SMILES string of the molecule is O=C(c1ccnnc1)N1CCN(CCO)CC1. The molecule has 0 unspecified atom stereocenters. The third-order valence-electron chi connectivity index (χ3n) is 2.91. The molecule has 1 aromatic rings. The Morgan fingerprint density at radius 1 is 1.29 bits per heavy atom. The average Bonchev–Trinajstić information content (AvgIpc) is 2.40. The van der Waals surface area contributed by atoms with Crippen LogP contribution in [0.5, 0.6) is 0 Å². The lowest BCUT2D eigenvalue weighted by atomic mass is 10.2. The van der Waals surface area contributed by atoms with E-state index in [1.54, 1.807) is 6.07 Å². The zero-order chi connectivity index (χ0) is 12.1. The molecule has 0 spiro atoms. The van der Waals surface area contributed by atoms with Crippen molar-refractivity contribution < 1.29 is 9.90 Å². The maximum absolute atomic E-state index is 12.1. The normalized spacial score (nSPS) is 17.1. The van der Waals surface area contributed by atoms with Crippen molar-refractivity contribution in [2.45, 2.75) is 0 Å². The van der Waals surface area contributed by atoms with E-state index in [0.29, 0.717) is 25.2 Å². The number of nitrogens with zero attached hydrogens (tertiary/aromatic N) is 4. The molecule has 1 amide bonds. The smallest absolute Gasteiger partial charge is 0.255 e. The third kappa shape index (κ3) is 2.98. The van der Waals surface area contributed by atoms with E-state index >= 15 is 0 Å². The van der Waals surface area contributed by atoms with Gasteiger partial charge in [0.2, 0.25) is 0 Å². The second-order valence-corrected chi connectivity index (χ2v) is 3.99. The summed E-state index contributed by atoms with van der Waals surface area (Å²) in [5.74, 6) is 0.00329. The first-order chi connectivity index (χ1) is 8.31. The Balaban J connectivity index is 1.91. The lowest BCUT2D eigenvalue weighted by molar-refractivity contribution is 0.0614. The van der Waals surface area contributed by atoms with Crippen LogP contribution in [-0.4, -0.2) is 70.3 Å². The predicted molar refractivity (Wildman–Crippen MR) is 61.5 cm³/mol. The van der Waals surface area contributed by atoms with Crippen LogP contribution < -0.4 is 0 Å². The van der Waals surface area contributed by atoms with Gasteiger partial charge < -0.3 is 10.0 Å². The van der Waals surface area contributed by atoms with Gasteiger partial charge in [0.25, 0.3) is 5.91 Å². The highest BCUT2D eigenvalue weighted by Crippen LogP contribution is 2.06. The largest absolute Gasteiger partial charge is 0.395 e. The van der Waals surface area contributed by atoms with Crippen molar-refractivity contribution in [3.8, 4) is 0 Å². The summed E-state index contributed by atoms with van der Waals surface area (Å²) in [7, 11) is 0. The zero-order valence-electron chi connectivity index (χ0n) is 9.62. The molecule has 1 aromatic heterocycles. The summed E-state index contributed by atoms with van der Waals surface area (Å²) >= 11 is 0. The van der Waals surface area contributed by atoms with Gasteiger partial charge in [-0.3, -0.25) is 9.69 Å². The molecule has 0 saturated carbocycles. The van der Waals surface area contributed by atoms with Gasteiger partial charge in [-0.15, -0.1) is 0 Å². The standard InChI is InChI=1S/C11H16N4O2/c16-8-7-14-3-5-15(6-4-14)11(17)10-1-2-12-13-9-10/h1-2,9,16H,3-8H2. The molecule has 0 aliphatic carbocycles. The van der Waals surface area contributed by atoms with Gasteiger partial charge >= 0.3 is 0 Å². The maximum Gasteiger partial charge on any atom is 0.255 e. The Morgan fingerprint density at radius 3 is 2.65 bits per heavy atom. The number of aliphatic hydroxyl groups excluding tert-OH is 1. The molecule has 0 atom stereocenters. The van der Waals surface area contributed by atoms with Crippen LogP contribution in [0.1, 0.15) is 10.4 Å². The van der Waals surface area contributed by atoms with Crippen molar-refractivity contribution >= 4 is 5.91 Å². The number of carbonyl (C=O) groups is 1. The van der Waals surface area contributed by atoms with E-state index in [1.165, 1.54) is 12.4 Å². The van der Waals surface area contributed by atoms with Gasteiger partial charge in [-0.2, -0.15) is 10.2 Å². The van der Waals surface area contributed by atoms with E-state index in [2.05, 4.69) is 15.1 Å². The number of amides is 1. The van der Waals surface area contributed by atoms with Gasteiger partial charge in [-0.1, -0.05) is 0 Å². The van der Waals surface area contributed by atoms with Gasteiger partial charge in [0.05, 0.1) is 24.6 Å². The van der Waals surface area contributed by atoms with E-state index in [-0.39, 0.29) is 12.5 Å². The van der Waals surface area contributed by atoms with E-state index in [9.17, 15) is 4.79 Å². The van der Waals surface area contributed by atoms with Crippen LogP contribution >= 0.6 is 0 Å². The number of hydrogen-bond acceptors (Lipinski definition) is 5. The predicted octanol–water partition coefficient (Wildman–Crippen LogP) is -0.773. The van der Waals surface area contributed by atoms with Gasteiger partial charge in [-0.25, -0.2) is 0 Å². The molecule has 92 valence electrons. The number of piperazine rings is 1. The Morgan fingerprint density at radius 2 is 2.06 bits per heavy atom. The van der Waals surface area contributed by atoms with Crippen LogP contribution in [0.4, 0.5) is 0 Å². The van der Waals surface area contributed by atoms with Crippen LogP contribution in [0.2, 0.25) is 0 Å². The third-order valence-corrected chi connectivity index (χ3v) is 2.91. The minimum atomic E-state index is 0.00329. The molecule has 1 saturated heterocycles. The first kappa shape index (κ1) is 11.9. The molecular weight excluding hydrogens is 220 g/mol. The van der Waals surface area contributed by atoms with E-state index in [0.717, 1.165) is 13.1 Å². The van der Waals surface area contributed by atoms with Crippen LogP contribution in [0.3, 0.4) is 0 Å². The average molecular weight is 236 g/mol. The number of hydrogen-bond donors (Lipinski definition) is 1. The van der Waals surface area contributed by atoms with E-state index < -0.39 is 0 Å². The summed E-state index contributed by atoms with van der Waals surface area (Å²) in [5.41, 5.74) is 0.579. The second kappa shape index (κ2) is 5.70. The molecule has 1 aliphatic rings. The molecule has 0 aromatic carbocycles. The monoisotopic (exact) mass is 236 g/mol. The van der Waals surface area contributed by atoms with Gasteiger partial charge in [0.1, 0.15) is 0 Å². The summed E-state index contributed by atoms with van der Waals surface area (Å²) in [4.78, 5) is 16.0. The van der Waals surface area contributed by atoms with Gasteiger partial charge in [0, 0.05) is 32.7 Å². The minimum absolute atomic E-state index is 0.00329. The van der Waals surface area contributed by atoms with Crippen LogP contribution in [0, 0.1) is 0 Å². The number of aromatic nitrogens is 2. The molecule has 1 aliphatic heterocycles. The molecular formula is C11H16N4O2. The summed E-state index contributed by atoms with van der Waals surface area (Å²) < 4.78 is 0. The maximum atomic E-state index is 12.1. The first-order valence-corrected chi connectivity index (χ1v) is 5.70. The Labute approximate surface area is 99.9 Å². The summed E-state index contributed by atoms with van der Waals surface area (Å²) in [6.45, 7) is 3.86. The number of carbonyl (C=O) groups excluding carboxylic acids is 1. The lowest BCUT2D eigenvalue weighted by Gasteiger charge is -2.34. The van der Waals surface area contributed by atoms with Crippen LogP contribution in [0.25, 0.3) is 0 Å². The lowest BCUT2D eigenvalue weighted by Crippen LogP contribution is -2.49. The molecule has 1 fully saturated rings. The first-order valence-electron chi connectivity index (χ1n) is 5.70. The molecule has 2 heterocycles. The summed E-state index contributed by atoms with van der Waals surface area (Å²) in [6, 6.07) is 1.68. The van der Waals surface area contributed by atoms with Crippen molar-refractivity contribution in [3.63, 3.8) is 0 Å². The Kier molecular flexibility index (Phi) is 4.00. The molecule has 0 bridgehead atoms. The zero-order valence-corrected chi connectivity index (χ0v) is 9.62. The molecule has 2 rings (SSSR count). The summed E-state index contributed by atoms with van der Waals surface area (Å²) in [6.07, 6.45) is 3.01. The van der Waals surface area contributed by atoms with Crippen molar-refractivity contribution in [3.05, 3.63) is 24.0 Å². The van der Waals surface area contributed by atoms with Crippen LogP contribution in [-0.2, 0) is 0 Å². The van der Waals surface area contributed by atoms with E-state index in [1.807, 2.05) is 4.90 Å². The van der Waals surface area contributed by atoms with Crippen LogP contribution in [0.15, 0.2) is 18.5 Å². The van der Waals surface area contributed by atoms with Crippen molar-refractivity contribution in [1.82, 2.24) is 20.0 Å². The molecule has 1 N–H and O–H groups in total. The van der Waals surface area contributed by atoms with Crippen molar-refractivity contribution in [1.29, 1.82) is 0 Å². The summed E-state index contributed by atoms with van der Waals surface area (Å²) in [5, 5.41) is 16.2. The van der Waals surface area contributed by atoms with Gasteiger partial charge in [0.15, 0.2) is 0 Å². The molecule has 17 heavy (non-hydrogen) atoms. The minimum Gasteiger partial charge on any atom is -0.395 e. The Bertz CT molecular complexity index is 363. The highest BCUT2D eigenvalue weighted by molar-refractivity contribution is 5.93. The fraction of sp³-hybridized carbons (Fsp3) is 0.545. The number of β-amino-alcohol motifs (C(OH)–C–C–N with tert-alkyl or cyclic N) is 1. The van der Waals surface area contributed by atoms with Crippen molar-refractivity contribution in [2.24, 2.45) is 0 Å². The highest BCUT2D eigenvalue weighted by atomic mass is 16.3. The fourth-order valence-corrected chi connectivity index (χ4v) is 1.92. The molecule has 0 radical (unpaired) electrons. The Hall–Kier alpha value is -1.53. The molecule has 6 heteroatoms. The van der Waals surface area contributed by atoms with Gasteiger partial charge in [-0.05, 0) is 6.07 Å². The topological polar surface area (TPSA) is 69.6 Å². The quantitative estimate of drug-likeness (QED) is 0.746. The van der Waals surface area contributed by atoms with E-state index in [4.69, 9.17) is 5.11 Å². The number of rotatable bonds is 3. The highest BCUT2D eigenvalue weighted by Gasteiger charge is 2.21.